The second kappa shape index (κ2) is 6.51. The zero-order valence-corrected chi connectivity index (χ0v) is 13.9. The van der Waals surface area contributed by atoms with Crippen molar-refractivity contribution in [1.82, 2.24) is 10.0 Å². The van der Waals surface area contributed by atoms with Crippen LogP contribution in [0.25, 0.3) is 0 Å². The highest BCUT2D eigenvalue weighted by Crippen LogP contribution is 2.16. The van der Waals surface area contributed by atoms with Crippen molar-refractivity contribution in [2.24, 2.45) is 0 Å². The van der Waals surface area contributed by atoms with Crippen LogP contribution in [-0.2, 0) is 16.4 Å². The van der Waals surface area contributed by atoms with Crippen LogP contribution < -0.4 is 10.0 Å². The van der Waals surface area contributed by atoms with Gasteiger partial charge in [0.05, 0.1) is 6.26 Å². The van der Waals surface area contributed by atoms with Crippen molar-refractivity contribution in [1.29, 1.82) is 0 Å². The van der Waals surface area contributed by atoms with Gasteiger partial charge in [0.1, 0.15) is 0 Å². The molecule has 6 heteroatoms. The van der Waals surface area contributed by atoms with Gasteiger partial charge in [0.2, 0.25) is 10.0 Å². The molecule has 106 valence electrons. The van der Waals surface area contributed by atoms with Crippen LogP contribution in [0.2, 0.25) is 0 Å². The second-order valence-electron chi connectivity index (χ2n) is 5.03. The van der Waals surface area contributed by atoms with Gasteiger partial charge in [-0.1, -0.05) is 12.1 Å². The van der Waals surface area contributed by atoms with Crippen molar-refractivity contribution in [2.75, 3.05) is 12.8 Å². The van der Waals surface area contributed by atoms with Crippen molar-refractivity contribution < 1.29 is 8.42 Å². The van der Waals surface area contributed by atoms with Gasteiger partial charge >= 0.3 is 0 Å². The highest BCUT2D eigenvalue weighted by Gasteiger charge is 2.27. The van der Waals surface area contributed by atoms with Crippen molar-refractivity contribution in [2.45, 2.75) is 31.3 Å². The molecule has 0 aromatic heterocycles. The summed E-state index contributed by atoms with van der Waals surface area (Å²) in [6, 6.07) is 8.50. The predicted octanol–water partition coefficient (Wildman–Crippen LogP) is 1.50. The number of nitrogens with one attached hydrogen (secondary N) is 2. The lowest BCUT2D eigenvalue weighted by Crippen LogP contribution is -2.54. The standard InChI is InChI=1S/C13H19IN2O2S/c1-19(17,18)16-12-6-3-7-15-13(12)9-10-4-2-5-11(14)8-10/h2,4-5,8,12-13,15-16H,3,6-7,9H2,1H3. The van der Waals surface area contributed by atoms with Crippen LogP contribution in [0, 0.1) is 3.57 Å². The molecule has 0 saturated carbocycles. The molecular formula is C13H19IN2O2S. The number of hydrogen-bond acceptors (Lipinski definition) is 3. The van der Waals surface area contributed by atoms with E-state index in [1.165, 1.54) is 15.4 Å². The lowest BCUT2D eigenvalue weighted by molar-refractivity contribution is 0.329. The molecular weight excluding hydrogens is 375 g/mol. The third-order valence-electron chi connectivity index (χ3n) is 3.29. The van der Waals surface area contributed by atoms with Crippen LogP contribution in [0.15, 0.2) is 24.3 Å². The van der Waals surface area contributed by atoms with Gasteiger partial charge in [0.15, 0.2) is 0 Å². The minimum absolute atomic E-state index is 0.0124. The third kappa shape index (κ3) is 5.02. The highest BCUT2D eigenvalue weighted by molar-refractivity contribution is 14.1. The van der Waals surface area contributed by atoms with E-state index in [0.717, 1.165) is 25.8 Å². The number of halogens is 1. The largest absolute Gasteiger partial charge is 0.312 e. The number of hydrogen-bond donors (Lipinski definition) is 2. The van der Waals surface area contributed by atoms with Crippen LogP contribution >= 0.6 is 22.6 Å². The summed E-state index contributed by atoms with van der Waals surface area (Å²) in [7, 11) is -3.15. The van der Waals surface area contributed by atoms with E-state index in [0.29, 0.717) is 0 Å². The molecule has 0 radical (unpaired) electrons. The molecule has 1 aromatic carbocycles. The third-order valence-corrected chi connectivity index (χ3v) is 4.70. The molecule has 1 saturated heterocycles. The molecule has 1 aliphatic heterocycles. The Balaban J connectivity index is 2.07. The quantitative estimate of drug-likeness (QED) is 0.762. The summed E-state index contributed by atoms with van der Waals surface area (Å²) < 4.78 is 26.8. The van der Waals surface area contributed by atoms with Gasteiger partial charge in [-0.15, -0.1) is 0 Å². The van der Waals surface area contributed by atoms with E-state index >= 15 is 0 Å². The van der Waals surface area contributed by atoms with E-state index in [2.05, 4.69) is 50.8 Å². The highest BCUT2D eigenvalue weighted by atomic mass is 127. The molecule has 0 aliphatic carbocycles. The fourth-order valence-corrected chi connectivity index (χ4v) is 3.94. The monoisotopic (exact) mass is 394 g/mol. The molecule has 2 rings (SSSR count). The Hall–Kier alpha value is -0.180. The molecule has 4 nitrogen and oxygen atoms in total. The van der Waals surface area contributed by atoms with E-state index < -0.39 is 10.0 Å². The molecule has 1 aromatic rings. The van der Waals surface area contributed by atoms with E-state index in [1.807, 2.05) is 6.07 Å². The van der Waals surface area contributed by atoms with E-state index in [-0.39, 0.29) is 12.1 Å². The minimum atomic E-state index is -3.15. The van der Waals surface area contributed by atoms with Crippen molar-refractivity contribution in [3.05, 3.63) is 33.4 Å². The maximum Gasteiger partial charge on any atom is 0.209 e. The lowest BCUT2D eigenvalue weighted by Gasteiger charge is -2.32. The van der Waals surface area contributed by atoms with Gasteiger partial charge in [-0.2, -0.15) is 0 Å². The summed E-state index contributed by atoms with van der Waals surface area (Å²) in [4.78, 5) is 0. The first-order valence-corrected chi connectivity index (χ1v) is 9.36. The molecule has 1 heterocycles. The SMILES string of the molecule is CS(=O)(=O)NC1CCCNC1Cc1cccc(I)c1. The molecule has 1 aliphatic rings. The first-order valence-electron chi connectivity index (χ1n) is 6.39. The van der Waals surface area contributed by atoms with Gasteiger partial charge in [-0.3, -0.25) is 0 Å². The molecule has 19 heavy (non-hydrogen) atoms. The molecule has 1 fully saturated rings. The minimum Gasteiger partial charge on any atom is -0.312 e. The average Bonchev–Trinajstić information content (AvgIpc) is 2.30. The summed E-state index contributed by atoms with van der Waals surface area (Å²) in [6.07, 6.45) is 3.98. The molecule has 0 amide bonds. The van der Waals surface area contributed by atoms with Crippen molar-refractivity contribution >= 4 is 32.6 Å². The Morgan fingerprint density at radius 3 is 2.95 bits per heavy atom. The van der Waals surface area contributed by atoms with Gasteiger partial charge < -0.3 is 5.32 Å². The van der Waals surface area contributed by atoms with Crippen LogP contribution in [-0.4, -0.2) is 33.3 Å². The predicted molar refractivity (Wildman–Crippen MR) is 85.7 cm³/mol. The van der Waals surface area contributed by atoms with E-state index in [4.69, 9.17) is 0 Å². The van der Waals surface area contributed by atoms with E-state index in [1.54, 1.807) is 0 Å². The molecule has 2 atom stereocenters. The molecule has 2 N–H and O–H groups in total. The topological polar surface area (TPSA) is 58.2 Å². The smallest absolute Gasteiger partial charge is 0.209 e. The maximum absolute atomic E-state index is 11.4. The number of benzene rings is 1. The molecule has 2 unspecified atom stereocenters. The molecule has 0 bridgehead atoms. The fourth-order valence-electron chi connectivity index (χ4n) is 2.50. The summed E-state index contributed by atoms with van der Waals surface area (Å²) in [5.41, 5.74) is 1.24. The number of sulfonamides is 1. The Labute approximate surface area is 128 Å². The van der Waals surface area contributed by atoms with Crippen molar-refractivity contribution in [3.63, 3.8) is 0 Å². The van der Waals surface area contributed by atoms with Gasteiger partial charge in [-0.25, -0.2) is 13.1 Å². The maximum atomic E-state index is 11.4. The average molecular weight is 394 g/mol. The Morgan fingerprint density at radius 1 is 1.47 bits per heavy atom. The summed E-state index contributed by atoms with van der Waals surface area (Å²) in [5.74, 6) is 0. The Bertz CT molecular complexity index is 533. The van der Waals surface area contributed by atoms with Crippen LogP contribution in [0.5, 0.6) is 0 Å². The fraction of sp³-hybridized carbons (Fsp3) is 0.538. The Kier molecular flexibility index (Phi) is 5.22. The first kappa shape index (κ1) is 15.2. The molecule has 0 spiro atoms. The number of piperidine rings is 1. The van der Waals surface area contributed by atoms with Gasteiger partial charge in [0, 0.05) is 15.7 Å². The second-order valence-corrected chi connectivity index (χ2v) is 8.06. The zero-order chi connectivity index (χ0) is 13.9. The number of rotatable bonds is 4. The Morgan fingerprint density at radius 2 is 2.26 bits per heavy atom. The van der Waals surface area contributed by atoms with E-state index in [9.17, 15) is 8.42 Å². The zero-order valence-electron chi connectivity index (χ0n) is 10.9. The lowest BCUT2D eigenvalue weighted by atomic mass is 9.93. The first-order chi connectivity index (χ1) is 8.94. The van der Waals surface area contributed by atoms with Crippen LogP contribution in [0.4, 0.5) is 0 Å². The summed E-state index contributed by atoms with van der Waals surface area (Å²) >= 11 is 2.30. The summed E-state index contributed by atoms with van der Waals surface area (Å²) in [6.45, 7) is 0.955. The van der Waals surface area contributed by atoms with Gasteiger partial charge in [-0.05, 0) is 66.1 Å². The van der Waals surface area contributed by atoms with Crippen molar-refractivity contribution in [3.8, 4) is 0 Å². The van der Waals surface area contributed by atoms with Crippen LogP contribution in [0.3, 0.4) is 0 Å². The normalized spacial score (nSPS) is 24.3. The van der Waals surface area contributed by atoms with Gasteiger partial charge in [0.25, 0.3) is 0 Å². The van der Waals surface area contributed by atoms with Crippen LogP contribution in [0.1, 0.15) is 18.4 Å². The summed E-state index contributed by atoms with van der Waals surface area (Å²) in [5, 5.41) is 3.43.